The normalized spacial score (nSPS) is 23.3. The molecule has 0 saturated heterocycles. The minimum absolute atomic E-state index is 0.0980. The first-order valence-electron chi connectivity index (χ1n) is 10.3. The van der Waals surface area contributed by atoms with E-state index in [0.29, 0.717) is 25.7 Å². The average Bonchev–Trinajstić information content (AvgIpc) is 2.87. The van der Waals surface area contributed by atoms with Gasteiger partial charge in [0.25, 0.3) is 0 Å². The average molecular weight is 381 g/mol. The molecule has 0 aromatic rings. The van der Waals surface area contributed by atoms with Crippen molar-refractivity contribution in [2.75, 3.05) is 0 Å². The minimum Gasteiger partial charge on any atom is -0.481 e. The molecule has 5 heteroatoms. The Bertz CT molecular complexity index is 535. The summed E-state index contributed by atoms with van der Waals surface area (Å²) in [5.74, 6) is -0.779. The molecular formula is C22H36O5. The molecule has 5 nitrogen and oxygen atoms in total. The van der Waals surface area contributed by atoms with E-state index in [2.05, 4.69) is 0 Å². The molecule has 0 radical (unpaired) electrons. The predicted molar refractivity (Wildman–Crippen MR) is 105 cm³/mol. The summed E-state index contributed by atoms with van der Waals surface area (Å²) in [6.45, 7) is 5.89. The van der Waals surface area contributed by atoms with Crippen LogP contribution in [0.2, 0.25) is 0 Å². The summed E-state index contributed by atoms with van der Waals surface area (Å²) < 4.78 is 0. The van der Waals surface area contributed by atoms with Crippen LogP contribution in [-0.2, 0) is 14.4 Å². The van der Waals surface area contributed by atoms with E-state index in [-0.39, 0.29) is 41.7 Å². The van der Waals surface area contributed by atoms with Crippen molar-refractivity contribution < 1.29 is 24.6 Å². The van der Waals surface area contributed by atoms with Gasteiger partial charge in [-0.05, 0) is 44.4 Å². The molecule has 0 aliphatic heterocycles. The van der Waals surface area contributed by atoms with E-state index in [0.717, 1.165) is 25.7 Å². The first kappa shape index (κ1) is 23.5. The third-order valence-electron chi connectivity index (χ3n) is 6.00. The lowest BCUT2D eigenvalue weighted by Crippen LogP contribution is -2.26. The van der Waals surface area contributed by atoms with Gasteiger partial charge < -0.3 is 10.2 Å². The van der Waals surface area contributed by atoms with Crippen LogP contribution in [0, 0.1) is 17.3 Å². The lowest BCUT2D eigenvalue weighted by molar-refractivity contribution is -0.137. The fraction of sp³-hybridized carbons (Fsp3) is 0.773. The van der Waals surface area contributed by atoms with Crippen LogP contribution in [-0.4, -0.2) is 33.9 Å². The Balaban J connectivity index is 2.42. The van der Waals surface area contributed by atoms with Gasteiger partial charge in [0.1, 0.15) is 11.6 Å². The summed E-state index contributed by atoms with van der Waals surface area (Å²) in [6.07, 6.45) is 9.60. The standard InChI is InChI=1S/C22H36O5/c1-4-22(2,3)20(25)14-13-17-16(18(23)15-19(17)24)11-9-7-5-6-8-10-12-21(26)27/h7,9,16-17,19,24H,4-6,8,10-15H2,1-3H3,(H,26,27)/b9-7+. The molecule has 1 fully saturated rings. The van der Waals surface area contributed by atoms with Gasteiger partial charge in [-0.1, -0.05) is 39.3 Å². The van der Waals surface area contributed by atoms with Crippen molar-refractivity contribution in [3.8, 4) is 0 Å². The maximum Gasteiger partial charge on any atom is 0.303 e. The number of aliphatic hydroxyl groups is 1. The number of hydrogen-bond acceptors (Lipinski definition) is 4. The fourth-order valence-corrected chi connectivity index (χ4v) is 3.62. The molecule has 0 spiro atoms. The Kier molecular flexibility index (Phi) is 9.92. The van der Waals surface area contributed by atoms with Gasteiger partial charge in [0.2, 0.25) is 0 Å². The quantitative estimate of drug-likeness (QED) is 0.367. The number of hydrogen-bond donors (Lipinski definition) is 2. The van der Waals surface area contributed by atoms with Crippen molar-refractivity contribution in [3.05, 3.63) is 12.2 Å². The van der Waals surface area contributed by atoms with Crippen molar-refractivity contribution in [2.45, 2.75) is 91.1 Å². The van der Waals surface area contributed by atoms with Crippen molar-refractivity contribution in [1.82, 2.24) is 0 Å². The summed E-state index contributed by atoms with van der Waals surface area (Å²) in [6, 6.07) is 0. The lowest BCUT2D eigenvalue weighted by Gasteiger charge is -2.24. The van der Waals surface area contributed by atoms with Crippen molar-refractivity contribution in [3.63, 3.8) is 0 Å². The lowest BCUT2D eigenvalue weighted by atomic mass is 9.80. The van der Waals surface area contributed by atoms with Gasteiger partial charge in [-0.15, -0.1) is 0 Å². The monoisotopic (exact) mass is 380 g/mol. The Hall–Kier alpha value is -1.49. The van der Waals surface area contributed by atoms with E-state index >= 15 is 0 Å². The molecule has 0 amide bonds. The number of aliphatic hydroxyl groups excluding tert-OH is 1. The number of aliphatic carboxylic acids is 1. The van der Waals surface area contributed by atoms with Crippen LogP contribution in [0.1, 0.15) is 85.0 Å². The minimum atomic E-state index is -0.754. The highest BCUT2D eigenvalue weighted by molar-refractivity contribution is 5.85. The summed E-state index contributed by atoms with van der Waals surface area (Å²) >= 11 is 0. The molecule has 1 aliphatic carbocycles. The molecule has 1 rings (SSSR count). The zero-order chi connectivity index (χ0) is 20.4. The molecule has 0 aromatic heterocycles. The highest BCUT2D eigenvalue weighted by atomic mass is 16.4. The highest BCUT2D eigenvalue weighted by Crippen LogP contribution is 2.36. The van der Waals surface area contributed by atoms with Crippen LogP contribution in [0.3, 0.4) is 0 Å². The smallest absolute Gasteiger partial charge is 0.303 e. The van der Waals surface area contributed by atoms with Gasteiger partial charge in [0, 0.05) is 30.6 Å². The highest BCUT2D eigenvalue weighted by Gasteiger charge is 2.41. The van der Waals surface area contributed by atoms with E-state index in [1.165, 1.54) is 0 Å². The van der Waals surface area contributed by atoms with Crippen LogP contribution >= 0.6 is 0 Å². The summed E-state index contributed by atoms with van der Waals surface area (Å²) in [5.41, 5.74) is -0.344. The van der Waals surface area contributed by atoms with Gasteiger partial charge in [-0.2, -0.15) is 0 Å². The fourth-order valence-electron chi connectivity index (χ4n) is 3.62. The Morgan fingerprint density at radius 3 is 2.48 bits per heavy atom. The molecule has 27 heavy (non-hydrogen) atoms. The third kappa shape index (κ3) is 7.96. The molecule has 154 valence electrons. The van der Waals surface area contributed by atoms with Crippen molar-refractivity contribution >= 4 is 17.5 Å². The number of carboxylic acids is 1. The number of carbonyl (C=O) groups excluding carboxylic acids is 2. The maximum absolute atomic E-state index is 12.4. The molecule has 0 bridgehead atoms. The van der Waals surface area contributed by atoms with E-state index < -0.39 is 12.1 Å². The number of carbonyl (C=O) groups is 3. The number of unbranched alkanes of at least 4 members (excludes halogenated alkanes) is 3. The van der Waals surface area contributed by atoms with Crippen LogP contribution in [0.25, 0.3) is 0 Å². The molecule has 0 heterocycles. The second-order valence-corrected chi connectivity index (χ2v) is 8.41. The Morgan fingerprint density at radius 2 is 1.85 bits per heavy atom. The first-order valence-corrected chi connectivity index (χ1v) is 10.3. The largest absolute Gasteiger partial charge is 0.481 e. The van der Waals surface area contributed by atoms with E-state index in [1.807, 2.05) is 32.9 Å². The molecule has 1 saturated carbocycles. The van der Waals surface area contributed by atoms with Crippen LogP contribution in [0.4, 0.5) is 0 Å². The molecule has 3 unspecified atom stereocenters. The van der Waals surface area contributed by atoms with E-state index in [4.69, 9.17) is 5.11 Å². The number of allylic oxidation sites excluding steroid dienone is 2. The topological polar surface area (TPSA) is 91.7 Å². The van der Waals surface area contributed by atoms with Gasteiger partial charge >= 0.3 is 5.97 Å². The number of ketones is 2. The molecule has 0 aromatic carbocycles. The van der Waals surface area contributed by atoms with Gasteiger partial charge in [0.05, 0.1) is 6.10 Å². The SMILES string of the molecule is CCC(C)(C)C(=O)CCC1C(O)CC(=O)C1C/C=C/CCCCCC(=O)O. The molecule has 3 atom stereocenters. The summed E-state index contributed by atoms with van der Waals surface area (Å²) in [4.78, 5) is 35.0. The van der Waals surface area contributed by atoms with Crippen LogP contribution < -0.4 is 0 Å². The van der Waals surface area contributed by atoms with Crippen molar-refractivity contribution in [1.29, 1.82) is 0 Å². The van der Waals surface area contributed by atoms with E-state index in [9.17, 15) is 19.5 Å². The molecule has 2 N–H and O–H groups in total. The zero-order valence-electron chi connectivity index (χ0n) is 17.1. The Labute approximate surface area is 163 Å². The van der Waals surface area contributed by atoms with Gasteiger partial charge in [-0.3, -0.25) is 14.4 Å². The van der Waals surface area contributed by atoms with Crippen LogP contribution in [0.15, 0.2) is 12.2 Å². The van der Waals surface area contributed by atoms with Gasteiger partial charge in [0.15, 0.2) is 0 Å². The van der Waals surface area contributed by atoms with Crippen LogP contribution in [0.5, 0.6) is 0 Å². The number of rotatable bonds is 13. The number of Topliss-reactive ketones (excluding diaryl/α,β-unsaturated/α-hetero) is 2. The zero-order valence-corrected chi connectivity index (χ0v) is 17.1. The molecule has 1 aliphatic rings. The second-order valence-electron chi connectivity index (χ2n) is 8.41. The predicted octanol–water partition coefficient (Wildman–Crippen LogP) is 4.32. The molecular weight excluding hydrogens is 344 g/mol. The first-order chi connectivity index (χ1) is 12.7. The van der Waals surface area contributed by atoms with Gasteiger partial charge in [-0.25, -0.2) is 0 Å². The summed E-state index contributed by atoms with van der Waals surface area (Å²) in [5, 5.41) is 18.8. The maximum atomic E-state index is 12.4. The van der Waals surface area contributed by atoms with Crippen molar-refractivity contribution in [2.24, 2.45) is 17.3 Å². The third-order valence-corrected chi connectivity index (χ3v) is 6.00. The number of carboxylic acid groups (broad SMARTS) is 1. The Morgan fingerprint density at radius 1 is 1.15 bits per heavy atom. The summed E-state index contributed by atoms with van der Waals surface area (Å²) in [7, 11) is 0. The van der Waals surface area contributed by atoms with E-state index in [1.54, 1.807) is 0 Å². The second kappa shape index (κ2) is 11.4.